The summed E-state index contributed by atoms with van der Waals surface area (Å²) < 4.78 is 28.2. The average Bonchev–Trinajstić information content (AvgIpc) is 3.60. The maximum absolute atomic E-state index is 13.9. The van der Waals surface area contributed by atoms with Gasteiger partial charge < -0.3 is 9.80 Å². The number of benzene rings is 1. The summed E-state index contributed by atoms with van der Waals surface area (Å²) in [7, 11) is -3.59. The van der Waals surface area contributed by atoms with Crippen molar-refractivity contribution in [2.75, 3.05) is 35.5 Å². The predicted octanol–water partition coefficient (Wildman–Crippen LogP) is 4.82. The molecule has 2 saturated heterocycles. The van der Waals surface area contributed by atoms with Gasteiger partial charge in [-0.05, 0) is 62.9 Å². The lowest BCUT2D eigenvalue weighted by molar-refractivity contribution is 0.0607. The molecular formula is C29H32ClN7O3S. The summed E-state index contributed by atoms with van der Waals surface area (Å²) in [6.45, 7) is 4.34. The van der Waals surface area contributed by atoms with Crippen molar-refractivity contribution < 1.29 is 13.2 Å². The molecule has 1 aromatic carbocycles. The maximum Gasteiger partial charge on any atom is 0.256 e. The summed E-state index contributed by atoms with van der Waals surface area (Å²) in [5, 5.41) is 5.20. The Balaban J connectivity index is 1.29. The number of aryl methyl sites for hydroxylation is 1. The van der Waals surface area contributed by atoms with E-state index >= 15 is 0 Å². The van der Waals surface area contributed by atoms with Crippen molar-refractivity contribution in [1.29, 1.82) is 0 Å². The van der Waals surface area contributed by atoms with E-state index in [9.17, 15) is 13.2 Å². The molecule has 12 heteroatoms. The number of anilines is 2. The Morgan fingerprint density at radius 2 is 1.93 bits per heavy atom. The minimum Gasteiger partial charge on any atom is -0.356 e. The van der Waals surface area contributed by atoms with Gasteiger partial charge >= 0.3 is 0 Å². The first-order chi connectivity index (χ1) is 19.7. The fourth-order valence-electron chi connectivity index (χ4n) is 5.93. The van der Waals surface area contributed by atoms with Crippen molar-refractivity contribution in [3.63, 3.8) is 0 Å². The third-order valence-electron chi connectivity index (χ3n) is 7.83. The molecule has 41 heavy (non-hydrogen) atoms. The number of rotatable bonds is 6. The fourth-order valence-corrected chi connectivity index (χ4v) is 6.68. The topological polar surface area (TPSA) is 113 Å². The second kappa shape index (κ2) is 10.9. The lowest BCUT2D eigenvalue weighted by Gasteiger charge is -2.35. The number of nitrogens with one attached hydrogen (secondary N) is 1. The molecule has 6 rings (SSSR count). The predicted molar refractivity (Wildman–Crippen MR) is 159 cm³/mol. The molecule has 4 aromatic rings. The zero-order valence-electron chi connectivity index (χ0n) is 23.0. The molecule has 3 aromatic heterocycles. The van der Waals surface area contributed by atoms with E-state index in [1.54, 1.807) is 15.5 Å². The van der Waals surface area contributed by atoms with Crippen molar-refractivity contribution in [3.05, 3.63) is 82.4 Å². The number of hydrogen-bond donors (Lipinski definition) is 1. The van der Waals surface area contributed by atoms with E-state index in [1.165, 1.54) is 12.1 Å². The zero-order chi connectivity index (χ0) is 28.7. The highest BCUT2D eigenvalue weighted by Crippen LogP contribution is 2.35. The highest BCUT2D eigenvalue weighted by Gasteiger charge is 2.33. The van der Waals surface area contributed by atoms with Gasteiger partial charge in [0.15, 0.2) is 5.65 Å². The van der Waals surface area contributed by atoms with Gasteiger partial charge in [-0.3, -0.25) is 14.5 Å². The normalized spacial score (nSPS) is 19.6. The molecule has 0 aliphatic carbocycles. The summed E-state index contributed by atoms with van der Waals surface area (Å²) in [6.07, 6.45) is 8.46. The fraction of sp³-hybridized carbons (Fsp3) is 0.379. The number of carbonyl (C=O) groups is 1. The molecule has 1 N–H and O–H groups in total. The summed E-state index contributed by atoms with van der Waals surface area (Å²) >= 11 is 6.23. The molecule has 0 saturated carbocycles. The van der Waals surface area contributed by atoms with Gasteiger partial charge in [0.1, 0.15) is 5.82 Å². The van der Waals surface area contributed by atoms with Crippen LogP contribution in [0.3, 0.4) is 0 Å². The molecule has 10 nitrogen and oxygen atoms in total. The Morgan fingerprint density at radius 3 is 2.71 bits per heavy atom. The van der Waals surface area contributed by atoms with Gasteiger partial charge in [0.2, 0.25) is 10.0 Å². The van der Waals surface area contributed by atoms with E-state index < -0.39 is 10.0 Å². The van der Waals surface area contributed by atoms with Crippen molar-refractivity contribution in [2.24, 2.45) is 0 Å². The highest BCUT2D eigenvalue weighted by atomic mass is 35.5. The number of likely N-dealkylation sites (tertiary alicyclic amines) is 1. The molecule has 2 fully saturated rings. The van der Waals surface area contributed by atoms with E-state index in [0.29, 0.717) is 17.5 Å². The number of pyridine rings is 1. The van der Waals surface area contributed by atoms with Crippen LogP contribution in [-0.2, 0) is 10.0 Å². The molecule has 2 aliphatic heterocycles. The van der Waals surface area contributed by atoms with Gasteiger partial charge in [0, 0.05) is 60.3 Å². The first-order valence-corrected chi connectivity index (χ1v) is 16.0. The Morgan fingerprint density at radius 1 is 1.07 bits per heavy atom. The van der Waals surface area contributed by atoms with Crippen molar-refractivity contribution in [3.8, 4) is 0 Å². The lowest BCUT2D eigenvalue weighted by Crippen LogP contribution is -2.39. The Hall–Kier alpha value is -3.70. The van der Waals surface area contributed by atoms with Crippen LogP contribution in [-0.4, -0.2) is 64.7 Å². The van der Waals surface area contributed by atoms with Crippen LogP contribution < -0.4 is 9.62 Å². The minimum absolute atomic E-state index is 0.206. The molecule has 5 heterocycles. The third kappa shape index (κ3) is 5.73. The van der Waals surface area contributed by atoms with E-state index in [1.807, 2.05) is 37.5 Å². The molecule has 0 spiro atoms. The van der Waals surface area contributed by atoms with Gasteiger partial charge in [-0.2, -0.15) is 5.10 Å². The Bertz CT molecular complexity index is 1710. The van der Waals surface area contributed by atoms with Crippen LogP contribution >= 0.6 is 11.6 Å². The summed E-state index contributed by atoms with van der Waals surface area (Å²) in [5.41, 5.74) is 4.04. The molecule has 0 radical (unpaired) electrons. The summed E-state index contributed by atoms with van der Waals surface area (Å²) in [5.74, 6) is 1.02. The van der Waals surface area contributed by atoms with Gasteiger partial charge in [-0.15, -0.1) is 0 Å². The van der Waals surface area contributed by atoms with E-state index in [2.05, 4.69) is 20.7 Å². The van der Waals surface area contributed by atoms with Crippen LogP contribution in [0.2, 0.25) is 5.02 Å². The molecule has 1 unspecified atom stereocenters. The van der Waals surface area contributed by atoms with Gasteiger partial charge in [0.05, 0.1) is 29.2 Å². The molecule has 1 amide bonds. The lowest BCUT2D eigenvalue weighted by atomic mass is 9.98. The number of fused-ring (bicyclic) bond motifs is 1. The SMILES string of the molecule is Cc1cn2nc([C@@H]3CCCCN3C(=O)c3cc(Cl)ccc3NS(C)(=O)=O)cc2nc1N1CCC(c2ccccn2)C1. The second-order valence-electron chi connectivity index (χ2n) is 10.9. The van der Waals surface area contributed by atoms with Gasteiger partial charge in [-0.25, -0.2) is 17.9 Å². The van der Waals surface area contributed by atoms with Crippen LogP contribution in [0.25, 0.3) is 5.65 Å². The van der Waals surface area contributed by atoms with Crippen LogP contribution in [0.1, 0.15) is 65.0 Å². The van der Waals surface area contributed by atoms with Crippen LogP contribution in [0.15, 0.2) is 54.9 Å². The number of nitrogens with zero attached hydrogens (tertiary/aromatic N) is 6. The standard InChI is InChI=1S/C29H32ClN7O3S/c1-19-17-37-27(32-28(19)35-14-11-20(18-35)23-7-3-5-12-31-23)16-25(33-37)26-8-4-6-13-36(26)29(38)22-15-21(30)9-10-24(22)34-41(2,39)40/h3,5,7,9-10,12,15-17,20,26,34H,4,6,8,11,13-14,18H2,1-2H3/t20?,26-/m0/s1. The zero-order valence-corrected chi connectivity index (χ0v) is 24.6. The number of piperidine rings is 1. The van der Waals surface area contributed by atoms with Crippen molar-refractivity contribution in [2.45, 2.75) is 44.6 Å². The minimum atomic E-state index is -3.59. The number of halogens is 1. The van der Waals surface area contributed by atoms with Crippen LogP contribution in [0.5, 0.6) is 0 Å². The highest BCUT2D eigenvalue weighted by molar-refractivity contribution is 7.92. The number of hydrogen-bond acceptors (Lipinski definition) is 7. The molecule has 0 bridgehead atoms. The van der Waals surface area contributed by atoms with Crippen molar-refractivity contribution >= 4 is 44.7 Å². The van der Waals surface area contributed by atoms with Crippen LogP contribution in [0, 0.1) is 6.92 Å². The second-order valence-corrected chi connectivity index (χ2v) is 13.1. The summed E-state index contributed by atoms with van der Waals surface area (Å²) in [6, 6.07) is 12.3. The third-order valence-corrected chi connectivity index (χ3v) is 8.66. The van der Waals surface area contributed by atoms with E-state index in [4.69, 9.17) is 21.7 Å². The van der Waals surface area contributed by atoms with Gasteiger partial charge in [0.25, 0.3) is 5.91 Å². The van der Waals surface area contributed by atoms with Crippen molar-refractivity contribution in [1.82, 2.24) is 24.5 Å². The van der Waals surface area contributed by atoms with E-state index in [0.717, 1.165) is 73.4 Å². The number of sulfonamides is 1. The summed E-state index contributed by atoms with van der Waals surface area (Å²) in [4.78, 5) is 27.5. The Labute approximate surface area is 244 Å². The smallest absolute Gasteiger partial charge is 0.256 e. The number of aromatic nitrogens is 4. The monoisotopic (exact) mass is 593 g/mol. The quantitative estimate of drug-likeness (QED) is 0.341. The van der Waals surface area contributed by atoms with Gasteiger partial charge in [-0.1, -0.05) is 17.7 Å². The molecule has 2 atom stereocenters. The Kier molecular flexibility index (Phi) is 7.33. The maximum atomic E-state index is 13.9. The number of carbonyl (C=O) groups excluding carboxylic acids is 1. The van der Waals surface area contributed by atoms with E-state index in [-0.39, 0.29) is 23.2 Å². The average molecular weight is 594 g/mol. The largest absolute Gasteiger partial charge is 0.356 e. The molecular weight excluding hydrogens is 562 g/mol. The molecule has 2 aliphatic rings. The first kappa shape index (κ1) is 27.5. The van der Waals surface area contributed by atoms with Crippen LogP contribution in [0.4, 0.5) is 11.5 Å². The molecule has 214 valence electrons. The first-order valence-electron chi connectivity index (χ1n) is 13.8. The number of amides is 1.